The molecular weight excluding hydrogens is 250 g/mol. The minimum absolute atomic E-state index is 0. The molecule has 0 bridgehead atoms. The van der Waals surface area contributed by atoms with Gasteiger partial charge in [-0.25, -0.2) is 0 Å². The smallest absolute Gasteiger partial charge is 0.237 e. The van der Waals surface area contributed by atoms with Crippen LogP contribution in [0.4, 0.5) is 0 Å². The molecule has 1 rings (SSSR count). The predicted octanol–water partition coefficient (Wildman–Crippen LogP) is 1.83. The predicted molar refractivity (Wildman–Crippen MR) is 85.4 cm³/mol. The Morgan fingerprint density at radius 1 is 1.25 bits per heavy atom. The first kappa shape index (κ1) is 18.6. The zero-order chi connectivity index (χ0) is 14.1. The van der Waals surface area contributed by atoms with Crippen LogP contribution in [0.15, 0.2) is 30.3 Å². The lowest BCUT2D eigenvalue weighted by atomic mass is 10.1. The van der Waals surface area contributed by atoms with Crippen molar-refractivity contribution >= 4 is 5.91 Å². The summed E-state index contributed by atoms with van der Waals surface area (Å²) in [5.41, 5.74) is 12.5. The fourth-order valence-electron chi connectivity index (χ4n) is 2.01. The van der Waals surface area contributed by atoms with Crippen molar-refractivity contribution in [3.8, 4) is 0 Å². The Labute approximate surface area is 122 Å². The Balaban J connectivity index is 0.00000361. The van der Waals surface area contributed by atoms with Crippen LogP contribution in [-0.2, 0) is 11.2 Å². The number of hydrogen-bond donors (Lipinski definition) is 3. The molecule has 1 amide bonds. The Kier molecular flexibility index (Phi) is 9.68. The molecule has 0 heterocycles. The van der Waals surface area contributed by atoms with Gasteiger partial charge < -0.3 is 16.8 Å². The lowest BCUT2D eigenvalue weighted by molar-refractivity contribution is -0.123. The van der Waals surface area contributed by atoms with E-state index in [1.165, 1.54) is 5.56 Å². The molecule has 4 nitrogen and oxygen atoms in total. The molecule has 0 saturated heterocycles. The molecule has 0 aliphatic heterocycles. The number of hydrogen-bond acceptors (Lipinski definition) is 3. The Morgan fingerprint density at radius 3 is 2.50 bits per heavy atom. The zero-order valence-electron chi connectivity index (χ0n) is 11.6. The number of carbonyl (C=O) groups excluding carboxylic acids is 1. The third-order valence-corrected chi connectivity index (χ3v) is 3.08. The third kappa shape index (κ3) is 7.26. The summed E-state index contributed by atoms with van der Waals surface area (Å²) in [6.45, 7) is 2.65. The lowest BCUT2D eigenvalue weighted by Gasteiger charge is -2.17. The second-order valence-electron chi connectivity index (χ2n) is 4.99. The molecule has 0 aliphatic carbocycles. The standard InChI is InChI=1S/C15H25N3O.CH4/c1-12(11-13-7-3-2-4-8-13)18-15(19)14(17)9-5-6-10-16;/h2-4,7-8,12,14H,5-6,9-11,16-17H2,1H3,(H,18,19);1H4/t12-,14+;/m0./s1. The molecule has 4 heteroatoms. The number of unbranched alkanes of at least 4 members (excludes halogenated alkanes) is 1. The molecule has 0 aliphatic rings. The van der Waals surface area contributed by atoms with Crippen LogP contribution in [0.3, 0.4) is 0 Å². The highest BCUT2D eigenvalue weighted by Crippen LogP contribution is 2.04. The van der Waals surface area contributed by atoms with Crippen molar-refractivity contribution in [2.45, 2.75) is 52.1 Å². The van der Waals surface area contributed by atoms with E-state index in [2.05, 4.69) is 17.4 Å². The number of nitrogens with two attached hydrogens (primary N) is 2. The van der Waals surface area contributed by atoms with E-state index in [4.69, 9.17) is 11.5 Å². The van der Waals surface area contributed by atoms with Crippen molar-refractivity contribution in [1.82, 2.24) is 5.32 Å². The van der Waals surface area contributed by atoms with Crippen molar-refractivity contribution in [3.63, 3.8) is 0 Å². The van der Waals surface area contributed by atoms with Crippen molar-refractivity contribution in [1.29, 1.82) is 0 Å². The first-order chi connectivity index (χ1) is 9.13. The van der Waals surface area contributed by atoms with Gasteiger partial charge >= 0.3 is 0 Å². The average Bonchev–Trinajstić information content (AvgIpc) is 2.39. The highest BCUT2D eigenvalue weighted by Gasteiger charge is 2.15. The molecule has 0 unspecified atom stereocenters. The molecule has 2 atom stereocenters. The quantitative estimate of drug-likeness (QED) is 0.635. The van der Waals surface area contributed by atoms with E-state index in [1.807, 2.05) is 25.1 Å². The van der Waals surface area contributed by atoms with E-state index < -0.39 is 6.04 Å². The van der Waals surface area contributed by atoms with Gasteiger partial charge in [-0.2, -0.15) is 0 Å². The summed E-state index contributed by atoms with van der Waals surface area (Å²) < 4.78 is 0. The molecule has 5 N–H and O–H groups in total. The SMILES string of the molecule is C.C[C@@H](Cc1ccccc1)NC(=O)[C@H](N)CCCCN. The fraction of sp³-hybridized carbons (Fsp3) is 0.562. The van der Waals surface area contributed by atoms with E-state index in [0.717, 1.165) is 19.3 Å². The van der Waals surface area contributed by atoms with Crippen LogP contribution in [0.2, 0.25) is 0 Å². The number of amides is 1. The second kappa shape index (κ2) is 10.4. The second-order valence-corrected chi connectivity index (χ2v) is 4.99. The van der Waals surface area contributed by atoms with Gasteiger partial charge in [0, 0.05) is 6.04 Å². The van der Waals surface area contributed by atoms with Crippen LogP contribution in [0.1, 0.15) is 39.2 Å². The summed E-state index contributed by atoms with van der Waals surface area (Å²) in [5, 5.41) is 2.96. The van der Waals surface area contributed by atoms with Gasteiger partial charge in [0.25, 0.3) is 0 Å². The fourth-order valence-corrected chi connectivity index (χ4v) is 2.01. The van der Waals surface area contributed by atoms with Crippen molar-refractivity contribution in [3.05, 3.63) is 35.9 Å². The van der Waals surface area contributed by atoms with E-state index in [-0.39, 0.29) is 19.4 Å². The molecule has 1 aromatic carbocycles. The monoisotopic (exact) mass is 279 g/mol. The number of nitrogens with one attached hydrogen (secondary N) is 1. The molecule has 20 heavy (non-hydrogen) atoms. The van der Waals surface area contributed by atoms with Gasteiger partial charge in [0.2, 0.25) is 5.91 Å². The van der Waals surface area contributed by atoms with Crippen molar-refractivity contribution < 1.29 is 4.79 Å². The molecule has 1 aromatic rings. The van der Waals surface area contributed by atoms with Crippen LogP contribution in [0.5, 0.6) is 0 Å². The maximum Gasteiger partial charge on any atom is 0.237 e. The molecule has 0 radical (unpaired) electrons. The van der Waals surface area contributed by atoms with Gasteiger partial charge in [-0.1, -0.05) is 44.2 Å². The Morgan fingerprint density at radius 2 is 1.90 bits per heavy atom. The third-order valence-electron chi connectivity index (χ3n) is 3.08. The summed E-state index contributed by atoms with van der Waals surface area (Å²) >= 11 is 0. The van der Waals surface area contributed by atoms with Gasteiger partial charge in [0.1, 0.15) is 0 Å². The van der Waals surface area contributed by atoms with Gasteiger partial charge in [0.15, 0.2) is 0 Å². The number of carbonyl (C=O) groups is 1. The molecule has 0 fully saturated rings. The maximum atomic E-state index is 11.9. The summed E-state index contributed by atoms with van der Waals surface area (Å²) in [7, 11) is 0. The molecule has 0 spiro atoms. The van der Waals surface area contributed by atoms with Crippen LogP contribution < -0.4 is 16.8 Å². The van der Waals surface area contributed by atoms with E-state index in [0.29, 0.717) is 13.0 Å². The van der Waals surface area contributed by atoms with Gasteiger partial charge in [-0.15, -0.1) is 0 Å². The van der Waals surface area contributed by atoms with Crippen molar-refractivity contribution in [2.24, 2.45) is 11.5 Å². The van der Waals surface area contributed by atoms with Crippen molar-refractivity contribution in [2.75, 3.05) is 6.54 Å². The number of benzene rings is 1. The normalized spacial score (nSPS) is 13.2. The minimum atomic E-state index is -0.426. The lowest BCUT2D eigenvalue weighted by Crippen LogP contribution is -2.45. The zero-order valence-corrected chi connectivity index (χ0v) is 11.6. The van der Waals surface area contributed by atoms with E-state index in [1.54, 1.807) is 0 Å². The summed E-state index contributed by atoms with van der Waals surface area (Å²) in [6, 6.07) is 9.78. The van der Waals surface area contributed by atoms with E-state index >= 15 is 0 Å². The molecular formula is C16H29N3O. The first-order valence-electron chi connectivity index (χ1n) is 6.93. The Bertz CT molecular complexity index is 367. The average molecular weight is 279 g/mol. The van der Waals surface area contributed by atoms with Crippen LogP contribution in [-0.4, -0.2) is 24.5 Å². The van der Waals surface area contributed by atoms with Gasteiger partial charge in [-0.3, -0.25) is 4.79 Å². The maximum absolute atomic E-state index is 11.9. The van der Waals surface area contributed by atoms with E-state index in [9.17, 15) is 4.79 Å². The summed E-state index contributed by atoms with van der Waals surface area (Å²) in [4.78, 5) is 11.9. The van der Waals surface area contributed by atoms with Gasteiger partial charge in [-0.05, 0) is 38.3 Å². The Hall–Kier alpha value is -1.39. The van der Waals surface area contributed by atoms with Crippen LogP contribution in [0.25, 0.3) is 0 Å². The molecule has 0 saturated carbocycles. The van der Waals surface area contributed by atoms with Crippen LogP contribution >= 0.6 is 0 Å². The summed E-state index contributed by atoms with van der Waals surface area (Å²) in [5.74, 6) is -0.0690. The van der Waals surface area contributed by atoms with Crippen LogP contribution in [0, 0.1) is 0 Å². The number of rotatable bonds is 8. The first-order valence-corrected chi connectivity index (χ1v) is 6.93. The van der Waals surface area contributed by atoms with Gasteiger partial charge in [0.05, 0.1) is 6.04 Å². The molecule has 114 valence electrons. The highest BCUT2D eigenvalue weighted by molar-refractivity contribution is 5.81. The largest absolute Gasteiger partial charge is 0.352 e. The summed E-state index contributed by atoms with van der Waals surface area (Å²) in [6.07, 6.45) is 3.34. The molecule has 0 aromatic heterocycles. The minimum Gasteiger partial charge on any atom is -0.352 e. The topological polar surface area (TPSA) is 81.1 Å². The highest BCUT2D eigenvalue weighted by atomic mass is 16.2.